The molecule has 6 heteroatoms. The highest BCUT2D eigenvalue weighted by Gasteiger charge is 2.22. The molecule has 0 amide bonds. The van der Waals surface area contributed by atoms with Gasteiger partial charge in [-0.3, -0.25) is 5.32 Å². The number of aryl methyl sites for hydroxylation is 2. The molecule has 1 atom stereocenters. The van der Waals surface area contributed by atoms with Gasteiger partial charge in [0.05, 0.1) is 24.4 Å². The number of carbonyl (C=O) groups excluding carboxylic acids is 1. The van der Waals surface area contributed by atoms with Crippen molar-refractivity contribution in [3.8, 4) is 6.07 Å². The molecule has 0 aliphatic heterocycles. The fourth-order valence-electron chi connectivity index (χ4n) is 2.20. The maximum absolute atomic E-state index is 12.0. The first-order valence-corrected chi connectivity index (χ1v) is 6.79. The molecule has 1 heterocycles. The largest absolute Gasteiger partial charge is 0.468 e. The minimum atomic E-state index is -0.660. The fourth-order valence-corrected chi connectivity index (χ4v) is 2.20. The van der Waals surface area contributed by atoms with Crippen molar-refractivity contribution in [3.63, 3.8) is 0 Å². The molecule has 0 radical (unpaired) electrons. The van der Waals surface area contributed by atoms with Crippen molar-refractivity contribution in [1.82, 2.24) is 10.5 Å². The summed E-state index contributed by atoms with van der Waals surface area (Å²) in [6, 6.07) is 8.28. The molecule has 6 nitrogen and oxygen atoms in total. The number of hydrogen-bond donors (Lipinski definition) is 1. The number of rotatable bonds is 5. The van der Waals surface area contributed by atoms with Crippen LogP contribution in [0.4, 0.5) is 0 Å². The standard InChI is InChI=1S/C16H17N3O3/c1-10-14(11(2)22-19-10)9-18-15(16(20)21-3)13-6-4-5-12(7-13)8-17/h4-7,15,18H,9H2,1-3H3. The maximum atomic E-state index is 12.0. The van der Waals surface area contributed by atoms with Crippen LogP contribution in [0, 0.1) is 25.2 Å². The molecule has 114 valence electrons. The summed E-state index contributed by atoms with van der Waals surface area (Å²) >= 11 is 0. The Morgan fingerprint density at radius 1 is 1.50 bits per heavy atom. The molecular formula is C16H17N3O3. The van der Waals surface area contributed by atoms with E-state index in [2.05, 4.69) is 16.5 Å². The third-order valence-corrected chi connectivity index (χ3v) is 3.45. The molecule has 1 N–H and O–H groups in total. The Labute approximate surface area is 128 Å². The van der Waals surface area contributed by atoms with E-state index in [1.807, 2.05) is 13.8 Å². The molecule has 0 saturated heterocycles. The minimum absolute atomic E-state index is 0.414. The summed E-state index contributed by atoms with van der Waals surface area (Å²) in [6.07, 6.45) is 0. The van der Waals surface area contributed by atoms with Crippen LogP contribution in [0.5, 0.6) is 0 Å². The van der Waals surface area contributed by atoms with Gasteiger partial charge in [-0.25, -0.2) is 4.79 Å². The van der Waals surface area contributed by atoms with Gasteiger partial charge in [-0.05, 0) is 31.5 Å². The lowest BCUT2D eigenvalue weighted by molar-refractivity contribution is -0.143. The van der Waals surface area contributed by atoms with Crippen molar-refractivity contribution in [2.45, 2.75) is 26.4 Å². The minimum Gasteiger partial charge on any atom is -0.468 e. The number of methoxy groups -OCH3 is 1. The van der Waals surface area contributed by atoms with E-state index in [1.54, 1.807) is 24.3 Å². The molecule has 0 saturated carbocycles. The molecule has 2 rings (SSSR count). The highest BCUT2D eigenvalue weighted by atomic mass is 16.5. The molecule has 1 unspecified atom stereocenters. The van der Waals surface area contributed by atoms with Crippen molar-refractivity contribution in [2.75, 3.05) is 7.11 Å². The quantitative estimate of drug-likeness (QED) is 0.851. The van der Waals surface area contributed by atoms with E-state index in [-0.39, 0.29) is 0 Å². The summed E-state index contributed by atoms with van der Waals surface area (Å²) in [5.74, 6) is 0.293. The third-order valence-electron chi connectivity index (χ3n) is 3.45. The molecule has 2 aromatic rings. The van der Waals surface area contributed by atoms with Crippen LogP contribution in [-0.4, -0.2) is 18.2 Å². The molecule has 0 spiro atoms. The Morgan fingerprint density at radius 2 is 2.27 bits per heavy atom. The number of esters is 1. The zero-order valence-corrected chi connectivity index (χ0v) is 12.7. The summed E-state index contributed by atoms with van der Waals surface area (Å²) in [5.41, 5.74) is 2.85. The van der Waals surface area contributed by atoms with E-state index < -0.39 is 12.0 Å². The highest BCUT2D eigenvalue weighted by molar-refractivity contribution is 5.77. The summed E-state index contributed by atoms with van der Waals surface area (Å²) in [4.78, 5) is 12.0. The zero-order valence-electron chi connectivity index (χ0n) is 12.7. The lowest BCUT2D eigenvalue weighted by Gasteiger charge is -2.17. The lowest BCUT2D eigenvalue weighted by Crippen LogP contribution is -2.29. The first-order valence-electron chi connectivity index (χ1n) is 6.79. The molecule has 0 aliphatic carbocycles. The SMILES string of the molecule is COC(=O)C(NCc1c(C)noc1C)c1cccc(C#N)c1. The predicted octanol–water partition coefficient (Wildman–Crippen LogP) is 2.17. The van der Waals surface area contributed by atoms with Crippen molar-refractivity contribution in [3.05, 3.63) is 52.4 Å². The predicted molar refractivity (Wildman–Crippen MR) is 78.7 cm³/mol. The summed E-state index contributed by atoms with van der Waals surface area (Å²) in [7, 11) is 1.33. The van der Waals surface area contributed by atoms with E-state index in [0.29, 0.717) is 23.4 Å². The van der Waals surface area contributed by atoms with Gasteiger partial charge in [-0.1, -0.05) is 17.3 Å². The normalized spacial score (nSPS) is 11.7. The number of carbonyl (C=O) groups is 1. The first kappa shape index (κ1) is 15.7. The Morgan fingerprint density at radius 3 is 2.86 bits per heavy atom. The van der Waals surface area contributed by atoms with E-state index in [9.17, 15) is 4.79 Å². The molecule has 22 heavy (non-hydrogen) atoms. The van der Waals surface area contributed by atoms with Gasteiger partial charge in [-0.15, -0.1) is 0 Å². The second kappa shape index (κ2) is 6.87. The average molecular weight is 299 g/mol. The molecule has 0 bridgehead atoms. The number of nitriles is 1. The van der Waals surface area contributed by atoms with Crippen molar-refractivity contribution in [1.29, 1.82) is 5.26 Å². The average Bonchev–Trinajstić information content (AvgIpc) is 2.86. The van der Waals surface area contributed by atoms with Gasteiger partial charge in [0.15, 0.2) is 0 Å². The maximum Gasteiger partial charge on any atom is 0.327 e. The van der Waals surface area contributed by atoms with Gasteiger partial charge in [-0.2, -0.15) is 5.26 Å². The number of nitrogens with zero attached hydrogens (tertiary/aromatic N) is 2. The van der Waals surface area contributed by atoms with E-state index in [4.69, 9.17) is 14.5 Å². The van der Waals surface area contributed by atoms with E-state index in [0.717, 1.165) is 11.3 Å². The summed E-state index contributed by atoms with van der Waals surface area (Å²) in [5, 5.41) is 16.0. The second-order valence-electron chi connectivity index (χ2n) is 4.88. The van der Waals surface area contributed by atoms with Crippen molar-refractivity contribution >= 4 is 5.97 Å². The van der Waals surface area contributed by atoms with E-state index >= 15 is 0 Å². The van der Waals surface area contributed by atoms with Crippen LogP contribution in [0.25, 0.3) is 0 Å². The van der Waals surface area contributed by atoms with Gasteiger partial charge >= 0.3 is 5.97 Å². The highest BCUT2D eigenvalue weighted by Crippen LogP contribution is 2.19. The Bertz CT molecular complexity index is 696. The number of hydrogen-bond acceptors (Lipinski definition) is 6. The van der Waals surface area contributed by atoms with Gasteiger partial charge in [0.2, 0.25) is 0 Å². The Balaban J connectivity index is 2.24. The van der Waals surface area contributed by atoms with Crippen molar-refractivity contribution in [2.24, 2.45) is 0 Å². The van der Waals surface area contributed by atoms with Crippen LogP contribution in [0.1, 0.15) is 34.2 Å². The van der Waals surface area contributed by atoms with Gasteiger partial charge < -0.3 is 9.26 Å². The summed E-state index contributed by atoms with van der Waals surface area (Å²) < 4.78 is 9.95. The van der Waals surface area contributed by atoms with Crippen molar-refractivity contribution < 1.29 is 14.1 Å². The first-order chi connectivity index (χ1) is 10.6. The van der Waals surface area contributed by atoms with Crippen LogP contribution >= 0.6 is 0 Å². The monoisotopic (exact) mass is 299 g/mol. The number of benzene rings is 1. The molecule has 0 fully saturated rings. The van der Waals surface area contributed by atoms with Crippen LogP contribution in [-0.2, 0) is 16.1 Å². The van der Waals surface area contributed by atoms with Crippen LogP contribution in [0.3, 0.4) is 0 Å². The fraction of sp³-hybridized carbons (Fsp3) is 0.312. The second-order valence-corrected chi connectivity index (χ2v) is 4.88. The van der Waals surface area contributed by atoms with Crippen LogP contribution in [0.15, 0.2) is 28.8 Å². The molecule has 1 aromatic heterocycles. The van der Waals surface area contributed by atoms with E-state index in [1.165, 1.54) is 7.11 Å². The zero-order chi connectivity index (χ0) is 16.1. The Hall–Kier alpha value is -2.65. The van der Waals surface area contributed by atoms with Gasteiger partial charge in [0.1, 0.15) is 11.8 Å². The van der Waals surface area contributed by atoms with Crippen LogP contribution in [0.2, 0.25) is 0 Å². The Kier molecular flexibility index (Phi) is 4.92. The summed E-state index contributed by atoms with van der Waals surface area (Å²) in [6.45, 7) is 4.08. The van der Waals surface area contributed by atoms with Crippen LogP contribution < -0.4 is 5.32 Å². The van der Waals surface area contributed by atoms with Gasteiger partial charge in [0, 0.05) is 12.1 Å². The number of ether oxygens (including phenoxy) is 1. The molecule has 1 aromatic carbocycles. The topological polar surface area (TPSA) is 88.2 Å². The smallest absolute Gasteiger partial charge is 0.327 e. The third kappa shape index (κ3) is 3.32. The number of nitrogens with one attached hydrogen (secondary N) is 1. The lowest BCUT2D eigenvalue weighted by atomic mass is 10.0. The molecular weight excluding hydrogens is 282 g/mol. The van der Waals surface area contributed by atoms with Gasteiger partial charge in [0.25, 0.3) is 0 Å². The number of aromatic nitrogens is 1. The molecule has 0 aliphatic rings.